The highest BCUT2D eigenvalue weighted by molar-refractivity contribution is 7.90. The predicted octanol–water partition coefficient (Wildman–Crippen LogP) is 2.29. The van der Waals surface area contributed by atoms with Crippen molar-refractivity contribution >= 4 is 42.4 Å². The molecule has 5 nitrogen and oxygen atoms in total. The van der Waals surface area contributed by atoms with Crippen LogP contribution in [0, 0.1) is 11.8 Å². The van der Waals surface area contributed by atoms with E-state index in [4.69, 9.17) is 0 Å². The number of carbonyl (C=O) groups excluding carboxylic acids is 1. The molecule has 1 heterocycles. The van der Waals surface area contributed by atoms with E-state index in [9.17, 15) is 13.2 Å². The van der Waals surface area contributed by atoms with E-state index < -0.39 is 9.84 Å². The zero-order valence-electron chi connectivity index (χ0n) is 11.1. The van der Waals surface area contributed by atoms with Crippen LogP contribution in [-0.2, 0) is 14.6 Å². The Morgan fingerprint density at radius 1 is 1.45 bits per heavy atom. The van der Waals surface area contributed by atoms with Gasteiger partial charge in [-0.15, -0.1) is 0 Å². The Bertz CT molecular complexity index is 795. The smallest absolute Gasteiger partial charge is 0.229 e. The van der Waals surface area contributed by atoms with E-state index in [0.717, 1.165) is 11.1 Å². The van der Waals surface area contributed by atoms with Gasteiger partial charge in [0.1, 0.15) is 0 Å². The van der Waals surface area contributed by atoms with Crippen molar-refractivity contribution in [1.82, 2.24) is 4.98 Å². The highest BCUT2D eigenvalue weighted by Gasteiger charge is 2.39. The van der Waals surface area contributed by atoms with Crippen molar-refractivity contribution in [3.8, 4) is 0 Å². The maximum atomic E-state index is 11.8. The Balaban J connectivity index is 1.89. The molecule has 1 aliphatic carbocycles. The van der Waals surface area contributed by atoms with Gasteiger partial charge in [-0.2, -0.15) is 0 Å². The Labute approximate surface area is 120 Å². The fourth-order valence-electron chi connectivity index (χ4n) is 2.07. The summed E-state index contributed by atoms with van der Waals surface area (Å²) in [6.07, 6.45) is 2.10. The Hall–Kier alpha value is -1.47. The minimum absolute atomic E-state index is 0.0000994. The number of benzene rings is 1. The number of hydrogen-bond acceptors (Lipinski definition) is 5. The number of hydrogen-bond donors (Lipinski definition) is 1. The zero-order valence-corrected chi connectivity index (χ0v) is 12.7. The van der Waals surface area contributed by atoms with Crippen molar-refractivity contribution < 1.29 is 13.2 Å². The van der Waals surface area contributed by atoms with Crippen LogP contribution in [-0.4, -0.2) is 25.6 Å². The number of nitrogens with zero attached hydrogens (tertiary/aromatic N) is 1. The molecule has 1 aromatic heterocycles. The van der Waals surface area contributed by atoms with E-state index in [-0.39, 0.29) is 16.7 Å². The lowest BCUT2D eigenvalue weighted by atomic mass is 10.3. The molecule has 0 spiro atoms. The number of anilines is 1. The van der Waals surface area contributed by atoms with E-state index >= 15 is 0 Å². The van der Waals surface area contributed by atoms with E-state index in [1.54, 1.807) is 12.1 Å². The highest BCUT2D eigenvalue weighted by Crippen LogP contribution is 2.39. The lowest BCUT2D eigenvalue weighted by Crippen LogP contribution is -2.14. The number of nitrogens with one attached hydrogen (secondary N) is 1. The summed E-state index contributed by atoms with van der Waals surface area (Å²) < 4.78 is 23.8. The molecule has 2 atom stereocenters. The number of amides is 1. The summed E-state index contributed by atoms with van der Waals surface area (Å²) in [5, 5.41) is 3.32. The Morgan fingerprint density at radius 2 is 2.15 bits per heavy atom. The van der Waals surface area contributed by atoms with Crippen LogP contribution in [0.25, 0.3) is 10.2 Å². The first-order valence-corrected chi connectivity index (χ1v) is 8.97. The number of carbonyl (C=O) groups is 1. The molecule has 2 aromatic rings. The first kappa shape index (κ1) is 13.5. The normalized spacial score (nSPS) is 21.9. The maximum absolute atomic E-state index is 11.8. The van der Waals surface area contributed by atoms with Gasteiger partial charge in [-0.25, -0.2) is 13.4 Å². The number of fused-ring (bicyclic) bond motifs is 1. The summed E-state index contributed by atoms with van der Waals surface area (Å²) in [6.45, 7) is 2.04. The summed E-state index contributed by atoms with van der Waals surface area (Å²) in [5.41, 5.74) is 0.696. The lowest BCUT2D eigenvalue weighted by Gasteiger charge is -1.97. The molecule has 0 bridgehead atoms. The summed E-state index contributed by atoms with van der Waals surface area (Å²) in [6, 6.07) is 4.79. The topological polar surface area (TPSA) is 76.1 Å². The van der Waals surface area contributed by atoms with Crippen molar-refractivity contribution in [2.75, 3.05) is 11.6 Å². The maximum Gasteiger partial charge on any atom is 0.229 e. The highest BCUT2D eigenvalue weighted by atomic mass is 32.2. The molecule has 0 unspecified atom stereocenters. The quantitative estimate of drug-likeness (QED) is 0.943. The van der Waals surface area contributed by atoms with Gasteiger partial charge in [-0.3, -0.25) is 4.79 Å². The standard InChI is InChI=1S/C13H14N2O3S2/c1-7-5-9(7)12(16)15-13-14-10-4-3-8(20(2,17)18)6-11(10)19-13/h3-4,6-7,9H,5H2,1-2H3,(H,14,15,16)/t7-,9+/m0/s1. The van der Waals surface area contributed by atoms with Crippen molar-refractivity contribution in [3.63, 3.8) is 0 Å². The second-order valence-corrected chi connectivity index (χ2v) is 8.28. The third-order valence-electron chi connectivity index (χ3n) is 3.46. The van der Waals surface area contributed by atoms with Gasteiger partial charge in [0.15, 0.2) is 15.0 Å². The molecule has 1 amide bonds. The Kier molecular flexibility index (Phi) is 3.06. The Morgan fingerprint density at radius 3 is 2.75 bits per heavy atom. The van der Waals surface area contributed by atoms with Crippen LogP contribution in [0.2, 0.25) is 0 Å². The molecular formula is C13H14N2O3S2. The SMILES string of the molecule is C[C@H]1C[C@H]1C(=O)Nc1nc2ccc(S(C)(=O)=O)cc2s1. The summed E-state index contributed by atoms with van der Waals surface area (Å²) in [4.78, 5) is 16.4. The molecule has 0 saturated heterocycles. The van der Waals surface area contributed by atoms with Crippen LogP contribution in [0.5, 0.6) is 0 Å². The molecular weight excluding hydrogens is 296 g/mol. The summed E-state index contributed by atoms with van der Waals surface area (Å²) in [7, 11) is -3.23. The van der Waals surface area contributed by atoms with Gasteiger partial charge in [-0.1, -0.05) is 18.3 Å². The second-order valence-electron chi connectivity index (χ2n) is 5.23. The largest absolute Gasteiger partial charge is 0.302 e. The lowest BCUT2D eigenvalue weighted by molar-refractivity contribution is -0.117. The average Bonchev–Trinajstić information content (AvgIpc) is 2.95. The molecule has 20 heavy (non-hydrogen) atoms. The van der Waals surface area contributed by atoms with E-state index in [2.05, 4.69) is 10.3 Å². The van der Waals surface area contributed by atoms with E-state index in [0.29, 0.717) is 16.6 Å². The fraction of sp³-hybridized carbons (Fsp3) is 0.385. The number of aromatic nitrogens is 1. The van der Waals surface area contributed by atoms with Crippen LogP contribution in [0.4, 0.5) is 5.13 Å². The van der Waals surface area contributed by atoms with Crippen LogP contribution in [0.15, 0.2) is 23.1 Å². The summed E-state index contributed by atoms with van der Waals surface area (Å²) in [5.74, 6) is 0.537. The third kappa shape index (κ3) is 2.55. The minimum atomic E-state index is -3.23. The van der Waals surface area contributed by atoms with Crippen molar-refractivity contribution in [3.05, 3.63) is 18.2 Å². The summed E-state index contributed by atoms with van der Waals surface area (Å²) >= 11 is 1.29. The van der Waals surface area contributed by atoms with E-state index in [1.165, 1.54) is 23.7 Å². The molecule has 1 aliphatic rings. The van der Waals surface area contributed by atoms with Gasteiger partial charge in [0.05, 0.1) is 15.1 Å². The molecule has 1 N–H and O–H groups in total. The molecule has 1 aromatic carbocycles. The molecule has 0 radical (unpaired) electrons. The molecule has 0 aliphatic heterocycles. The van der Waals surface area contributed by atoms with Gasteiger partial charge >= 0.3 is 0 Å². The fourth-order valence-corrected chi connectivity index (χ4v) is 3.70. The van der Waals surface area contributed by atoms with Crippen LogP contribution in [0.1, 0.15) is 13.3 Å². The molecule has 7 heteroatoms. The zero-order chi connectivity index (χ0) is 14.5. The van der Waals surface area contributed by atoms with E-state index in [1.807, 2.05) is 6.92 Å². The number of thiazole rings is 1. The molecule has 1 fully saturated rings. The second kappa shape index (κ2) is 4.53. The predicted molar refractivity (Wildman–Crippen MR) is 78.6 cm³/mol. The third-order valence-corrected chi connectivity index (χ3v) is 5.51. The van der Waals surface area contributed by atoms with Crippen molar-refractivity contribution in [2.24, 2.45) is 11.8 Å². The van der Waals surface area contributed by atoms with Gasteiger partial charge in [0, 0.05) is 12.2 Å². The van der Waals surface area contributed by atoms with Gasteiger partial charge in [0.25, 0.3) is 0 Å². The van der Waals surface area contributed by atoms with Gasteiger partial charge in [-0.05, 0) is 30.5 Å². The molecule has 106 valence electrons. The average molecular weight is 310 g/mol. The van der Waals surface area contributed by atoms with Gasteiger partial charge in [0.2, 0.25) is 5.91 Å². The van der Waals surface area contributed by atoms with Crippen LogP contribution in [0.3, 0.4) is 0 Å². The van der Waals surface area contributed by atoms with Gasteiger partial charge < -0.3 is 5.32 Å². The van der Waals surface area contributed by atoms with Crippen molar-refractivity contribution in [2.45, 2.75) is 18.2 Å². The number of rotatable bonds is 3. The first-order valence-electron chi connectivity index (χ1n) is 6.26. The molecule has 1 saturated carbocycles. The first-order chi connectivity index (χ1) is 9.34. The number of sulfone groups is 1. The van der Waals surface area contributed by atoms with Crippen LogP contribution >= 0.6 is 11.3 Å². The van der Waals surface area contributed by atoms with Crippen LogP contribution < -0.4 is 5.32 Å². The molecule has 3 rings (SSSR count). The monoisotopic (exact) mass is 310 g/mol. The van der Waals surface area contributed by atoms with Crippen molar-refractivity contribution in [1.29, 1.82) is 0 Å². The minimum Gasteiger partial charge on any atom is -0.302 e.